The Labute approximate surface area is 163 Å². The molecule has 0 radical (unpaired) electrons. The number of carbonyl (C=O) groups excluding carboxylic acids is 2. The zero-order valence-corrected chi connectivity index (χ0v) is 15.9. The van der Waals surface area contributed by atoms with E-state index in [2.05, 4.69) is 11.2 Å². The lowest BCUT2D eigenvalue weighted by molar-refractivity contribution is -0.130. The summed E-state index contributed by atoms with van der Waals surface area (Å²) in [6.45, 7) is 5.32. The highest BCUT2D eigenvalue weighted by Crippen LogP contribution is 2.15. The van der Waals surface area contributed by atoms with Gasteiger partial charge in [-0.3, -0.25) is 10.1 Å². The highest BCUT2D eigenvalue weighted by atomic mass is 16.6. The van der Waals surface area contributed by atoms with Crippen molar-refractivity contribution in [3.63, 3.8) is 0 Å². The van der Waals surface area contributed by atoms with Crippen LogP contribution in [0.5, 0.6) is 0 Å². The Kier molecular flexibility index (Phi) is 6.56. The molecule has 0 aliphatic carbocycles. The molecule has 0 bridgehead atoms. The van der Waals surface area contributed by atoms with Crippen LogP contribution in [0, 0.1) is 11.8 Å². The largest absolute Gasteiger partial charge is 0.472 e. The Bertz CT molecular complexity index is 943. The number of Topliss-reactive ketones (excluding diaryl/α,β-unsaturated/α-hetero) is 1. The van der Waals surface area contributed by atoms with E-state index in [4.69, 9.17) is 9.84 Å². The summed E-state index contributed by atoms with van der Waals surface area (Å²) < 4.78 is 5.18. The number of hydrogen-bond acceptors (Lipinski definition) is 4. The molecule has 6 nitrogen and oxygen atoms in total. The summed E-state index contributed by atoms with van der Waals surface area (Å²) in [6.07, 6.45) is -0.410. The minimum atomic E-state index is -1.21. The van der Waals surface area contributed by atoms with Crippen LogP contribution in [-0.2, 0) is 16.0 Å². The summed E-state index contributed by atoms with van der Waals surface area (Å²) >= 11 is 0. The van der Waals surface area contributed by atoms with Crippen LogP contribution < -0.4 is 5.32 Å². The van der Waals surface area contributed by atoms with Crippen molar-refractivity contribution < 1.29 is 24.2 Å². The predicted octanol–water partition coefficient (Wildman–Crippen LogP) is 3.90. The molecule has 0 saturated carbocycles. The Morgan fingerprint density at radius 2 is 1.75 bits per heavy atom. The molecule has 0 aromatic heterocycles. The Hall–Kier alpha value is -3.59. The lowest BCUT2D eigenvalue weighted by Crippen LogP contribution is -2.27. The normalized spacial score (nSPS) is 10.4. The van der Waals surface area contributed by atoms with Gasteiger partial charge in [0.1, 0.15) is 5.60 Å². The molecule has 2 aromatic rings. The first kappa shape index (κ1) is 20.7. The van der Waals surface area contributed by atoms with Gasteiger partial charge >= 0.3 is 12.1 Å². The number of rotatable bonds is 4. The number of carboxylic acid groups (broad SMARTS) is 1. The van der Waals surface area contributed by atoms with Crippen LogP contribution in [0.1, 0.15) is 42.3 Å². The zero-order valence-electron chi connectivity index (χ0n) is 15.9. The van der Waals surface area contributed by atoms with Gasteiger partial charge in [0, 0.05) is 29.2 Å². The fraction of sp³-hybridized carbons (Fsp3) is 0.227. The number of anilines is 1. The Morgan fingerprint density at radius 1 is 1.07 bits per heavy atom. The number of ketones is 1. The minimum Gasteiger partial charge on any atom is -0.472 e. The van der Waals surface area contributed by atoms with Crippen molar-refractivity contribution in [3.8, 4) is 11.8 Å². The van der Waals surface area contributed by atoms with Gasteiger partial charge in [-0.2, -0.15) is 0 Å². The minimum absolute atomic E-state index is 0.104. The third-order valence-electron chi connectivity index (χ3n) is 3.46. The molecule has 0 aliphatic rings. The number of amides is 1. The van der Waals surface area contributed by atoms with Gasteiger partial charge in [-0.1, -0.05) is 18.1 Å². The van der Waals surface area contributed by atoms with Gasteiger partial charge in [0.2, 0.25) is 0 Å². The summed E-state index contributed by atoms with van der Waals surface area (Å²) in [7, 11) is 0. The van der Waals surface area contributed by atoms with Gasteiger partial charge in [0.15, 0.2) is 5.78 Å². The molecule has 0 saturated heterocycles. The van der Waals surface area contributed by atoms with Gasteiger partial charge in [0.05, 0.1) is 0 Å². The lowest BCUT2D eigenvalue weighted by atomic mass is 10.0. The van der Waals surface area contributed by atoms with Crippen molar-refractivity contribution in [2.75, 3.05) is 5.32 Å². The molecule has 2 aromatic carbocycles. The van der Waals surface area contributed by atoms with E-state index < -0.39 is 17.7 Å². The quantitative estimate of drug-likeness (QED) is 0.621. The molecule has 0 unspecified atom stereocenters. The first-order chi connectivity index (χ1) is 13.1. The summed E-state index contributed by atoms with van der Waals surface area (Å²) in [4.78, 5) is 34.8. The van der Waals surface area contributed by atoms with Crippen LogP contribution >= 0.6 is 0 Å². The van der Waals surface area contributed by atoms with Crippen LogP contribution in [0.25, 0.3) is 0 Å². The number of benzene rings is 2. The van der Waals surface area contributed by atoms with Crippen LogP contribution in [0.4, 0.5) is 10.5 Å². The van der Waals surface area contributed by atoms with Gasteiger partial charge in [-0.15, -0.1) is 0 Å². The lowest BCUT2D eigenvalue weighted by Gasteiger charge is -2.19. The van der Waals surface area contributed by atoms with E-state index >= 15 is 0 Å². The number of hydrogen-bond donors (Lipinski definition) is 2. The smallest absolute Gasteiger partial charge is 0.412 e. The molecule has 2 N–H and O–H groups in total. The fourth-order valence-corrected chi connectivity index (χ4v) is 2.33. The second-order valence-corrected chi connectivity index (χ2v) is 7.06. The molecule has 0 atom stereocenters. The summed E-state index contributed by atoms with van der Waals surface area (Å²) in [5.41, 5.74) is 1.69. The molecule has 6 heteroatoms. The standard InChI is InChI=1S/C22H21NO5/c1-22(2,3)28-21(27)23-18-10-8-17(9-11-18)19(24)14-16-6-4-5-15(13-16)7-12-20(25)26/h4-6,8-11,13H,14H2,1-3H3,(H,23,27)(H,25,26). The van der Waals surface area contributed by atoms with Crippen molar-refractivity contribution >= 4 is 23.5 Å². The molecule has 2 rings (SSSR count). The molecule has 0 heterocycles. The Balaban J connectivity index is 2.02. The molecule has 0 spiro atoms. The first-order valence-electron chi connectivity index (χ1n) is 8.59. The molecule has 0 aliphatic heterocycles. The van der Waals surface area contributed by atoms with E-state index in [9.17, 15) is 14.4 Å². The molecule has 1 amide bonds. The maximum atomic E-state index is 12.5. The number of carbonyl (C=O) groups is 3. The van der Waals surface area contributed by atoms with Crippen LogP contribution in [0.3, 0.4) is 0 Å². The Morgan fingerprint density at radius 3 is 2.36 bits per heavy atom. The van der Waals surface area contributed by atoms with E-state index in [1.165, 1.54) is 0 Å². The van der Waals surface area contributed by atoms with Gasteiger partial charge in [-0.05, 0) is 62.7 Å². The maximum Gasteiger partial charge on any atom is 0.412 e. The van der Waals surface area contributed by atoms with Gasteiger partial charge in [0.25, 0.3) is 0 Å². The second kappa shape index (κ2) is 8.87. The number of carboxylic acids is 1. The second-order valence-electron chi connectivity index (χ2n) is 7.06. The molecular formula is C22H21NO5. The van der Waals surface area contributed by atoms with E-state index in [0.29, 0.717) is 16.8 Å². The van der Waals surface area contributed by atoms with E-state index in [0.717, 1.165) is 5.56 Å². The average molecular weight is 379 g/mol. The van der Waals surface area contributed by atoms with Crippen LogP contribution in [0.2, 0.25) is 0 Å². The summed E-state index contributed by atoms with van der Waals surface area (Å²) in [5.74, 6) is 3.26. The van der Waals surface area contributed by atoms with E-state index in [-0.39, 0.29) is 12.2 Å². The number of ether oxygens (including phenoxy) is 1. The van der Waals surface area contributed by atoms with Crippen molar-refractivity contribution in [3.05, 3.63) is 65.2 Å². The number of nitrogens with one attached hydrogen (secondary N) is 1. The topological polar surface area (TPSA) is 92.7 Å². The van der Waals surface area contributed by atoms with E-state index in [1.54, 1.807) is 69.3 Å². The van der Waals surface area contributed by atoms with E-state index in [1.807, 2.05) is 5.92 Å². The average Bonchev–Trinajstić information content (AvgIpc) is 2.59. The van der Waals surface area contributed by atoms with Gasteiger partial charge < -0.3 is 9.84 Å². The SMILES string of the molecule is CC(C)(C)OC(=O)Nc1ccc(C(=O)Cc2cccc(C#CC(=O)O)c2)cc1. The summed E-state index contributed by atoms with van der Waals surface area (Å²) in [6, 6.07) is 13.4. The highest BCUT2D eigenvalue weighted by Gasteiger charge is 2.16. The monoisotopic (exact) mass is 379 g/mol. The molecular weight excluding hydrogens is 358 g/mol. The van der Waals surface area contributed by atoms with Crippen molar-refractivity contribution in [1.29, 1.82) is 0 Å². The third kappa shape index (κ3) is 6.96. The van der Waals surface area contributed by atoms with Crippen LogP contribution in [0.15, 0.2) is 48.5 Å². The maximum absolute atomic E-state index is 12.5. The molecule has 0 fully saturated rings. The molecule has 28 heavy (non-hydrogen) atoms. The predicted molar refractivity (Wildman–Crippen MR) is 105 cm³/mol. The third-order valence-corrected chi connectivity index (χ3v) is 3.46. The van der Waals surface area contributed by atoms with Gasteiger partial charge in [-0.25, -0.2) is 9.59 Å². The highest BCUT2D eigenvalue weighted by molar-refractivity contribution is 5.98. The first-order valence-corrected chi connectivity index (χ1v) is 8.59. The summed E-state index contributed by atoms with van der Waals surface area (Å²) in [5, 5.41) is 11.2. The van der Waals surface area contributed by atoms with Crippen molar-refractivity contribution in [2.24, 2.45) is 0 Å². The van der Waals surface area contributed by atoms with Crippen molar-refractivity contribution in [2.45, 2.75) is 32.8 Å². The molecule has 144 valence electrons. The number of aliphatic carboxylic acids is 1. The van der Waals surface area contributed by atoms with Crippen molar-refractivity contribution in [1.82, 2.24) is 0 Å². The zero-order chi connectivity index (χ0) is 20.7. The fourth-order valence-electron chi connectivity index (χ4n) is 2.33. The van der Waals surface area contributed by atoms with Crippen LogP contribution in [-0.4, -0.2) is 28.6 Å².